The molecule has 1 heterocycles. The van der Waals surface area contributed by atoms with Crippen LogP contribution in [0.5, 0.6) is 0 Å². The van der Waals surface area contributed by atoms with Crippen LogP contribution in [0.2, 0.25) is 0 Å². The zero-order chi connectivity index (χ0) is 13.3. The molecule has 0 spiro atoms. The number of aryl methyl sites for hydroxylation is 1. The Morgan fingerprint density at radius 3 is 2.47 bits per heavy atom. The van der Waals surface area contributed by atoms with Gasteiger partial charge in [-0.15, -0.1) is 11.3 Å². The topological polar surface area (TPSA) is 46.2 Å². The lowest BCUT2D eigenvalue weighted by molar-refractivity contribution is 0.450. The summed E-state index contributed by atoms with van der Waals surface area (Å²) in [5, 5.41) is 0.585. The summed E-state index contributed by atoms with van der Waals surface area (Å²) >= 11 is 7.92. The highest BCUT2D eigenvalue weighted by atomic mass is 79.9. The number of thiophene rings is 1. The van der Waals surface area contributed by atoms with Crippen LogP contribution in [-0.2, 0) is 10.0 Å². The summed E-state index contributed by atoms with van der Waals surface area (Å²) in [6.45, 7) is 5.72. The molecule has 0 aliphatic carbocycles. The molecule has 98 valence electrons. The summed E-state index contributed by atoms with van der Waals surface area (Å²) in [6, 6.07) is 1.68. The summed E-state index contributed by atoms with van der Waals surface area (Å²) in [5.41, 5.74) is 0.482. The minimum Gasteiger partial charge on any atom is -0.206 e. The number of halogens is 2. The molecule has 0 aliphatic heterocycles. The second-order valence-corrected chi connectivity index (χ2v) is 9.02. The maximum absolute atomic E-state index is 12.2. The third-order valence-corrected chi connectivity index (χ3v) is 8.04. The molecule has 0 saturated heterocycles. The van der Waals surface area contributed by atoms with Gasteiger partial charge in [-0.3, -0.25) is 0 Å². The van der Waals surface area contributed by atoms with E-state index in [1.165, 1.54) is 11.3 Å². The highest BCUT2D eigenvalue weighted by Gasteiger charge is 2.29. The molecule has 1 N–H and O–H groups in total. The molecule has 3 nitrogen and oxygen atoms in total. The van der Waals surface area contributed by atoms with Gasteiger partial charge in [-0.1, -0.05) is 22.9 Å². The summed E-state index contributed by atoms with van der Waals surface area (Å²) in [7, 11) is -3.44. The van der Waals surface area contributed by atoms with E-state index in [0.29, 0.717) is 9.54 Å². The predicted octanol–water partition coefficient (Wildman–Crippen LogP) is 3.66. The average molecular weight is 405 g/mol. The van der Waals surface area contributed by atoms with E-state index in [0.717, 1.165) is 15.8 Å². The van der Waals surface area contributed by atoms with Crippen molar-refractivity contribution in [3.05, 3.63) is 15.4 Å². The Balaban J connectivity index is 3.04. The van der Waals surface area contributed by atoms with Crippen molar-refractivity contribution in [3.63, 3.8) is 0 Å². The van der Waals surface area contributed by atoms with Gasteiger partial charge in [0.05, 0.1) is 3.79 Å². The molecule has 0 radical (unpaired) electrons. The molecule has 0 aromatic carbocycles. The molecule has 1 rings (SSSR count). The lowest BCUT2D eigenvalue weighted by Gasteiger charge is -2.26. The lowest BCUT2D eigenvalue weighted by Crippen LogP contribution is -2.46. The van der Waals surface area contributed by atoms with Crippen molar-refractivity contribution in [2.45, 2.75) is 36.9 Å². The minimum absolute atomic E-state index is 0.350. The molecule has 1 atom stereocenters. The van der Waals surface area contributed by atoms with E-state index >= 15 is 0 Å². The van der Waals surface area contributed by atoms with Crippen LogP contribution < -0.4 is 4.72 Å². The molecule has 7 heteroatoms. The molecule has 0 aliphatic rings. The Kier molecular flexibility index (Phi) is 5.23. The van der Waals surface area contributed by atoms with E-state index in [1.54, 1.807) is 6.07 Å². The summed E-state index contributed by atoms with van der Waals surface area (Å²) in [4.78, 5) is 0. The highest BCUT2D eigenvalue weighted by molar-refractivity contribution is 9.11. The van der Waals surface area contributed by atoms with Crippen LogP contribution >= 0.6 is 43.2 Å². The van der Waals surface area contributed by atoms with Gasteiger partial charge in [-0.25, -0.2) is 13.1 Å². The number of nitrogens with one attached hydrogen (secondary N) is 1. The summed E-state index contributed by atoms with van der Waals surface area (Å²) < 4.78 is 28.3. The first-order valence-electron chi connectivity index (χ1n) is 5.10. The standard InChI is InChI=1S/C10H15Br2NO2S2/c1-4-10(3,6-11)13-17(14,15)8-5-7(2)9(12)16-8/h5,13H,4,6H2,1-3H3. The molecule has 0 saturated carbocycles. The van der Waals surface area contributed by atoms with E-state index in [-0.39, 0.29) is 0 Å². The van der Waals surface area contributed by atoms with Gasteiger partial charge >= 0.3 is 0 Å². The third kappa shape index (κ3) is 3.76. The fourth-order valence-electron chi connectivity index (χ4n) is 1.13. The van der Waals surface area contributed by atoms with Crippen molar-refractivity contribution in [1.29, 1.82) is 0 Å². The molecular formula is C10H15Br2NO2S2. The molecule has 1 unspecified atom stereocenters. The Bertz CT molecular complexity index is 473. The van der Waals surface area contributed by atoms with Crippen molar-refractivity contribution in [2.75, 3.05) is 5.33 Å². The van der Waals surface area contributed by atoms with Gasteiger partial charge in [0.15, 0.2) is 0 Å². The highest BCUT2D eigenvalue weighted by Crippen LogP contribution is 2.31. The molecule has 0 amide bonds. The van der Waals surface area contributed by atoms with E-state index in [9.17, 15) is 8.42 Å². The van der Waals surface area contributed by atoms with Crippen LogP contribution in [0.3, 0.4) is 0 Å². The van der Waals surface area contributed by atoms with Gasteiger partial charge in [-0.2, -0.15) is 0 Å². The van der Waals surface area contributed by atoms with Crippen LogP contribution in [0.25, 0.3) is 0 Å². The van der Waals surface area contributed by atoms with E-state index in [4.69, 9.17) is 0 Å². The smallest absolute Gasteiger partial charge is 0.206 e. The maximum Gasteiger partial charge on any atom is 0.250 e. The first kappa shape index (κ1) is 15.6. The Morgan fingerprint density at radius 1 is 1.53 bits per heavy atom. The fourth-order valence-corrected chi connectivity index (χ4v) is 5.56. The molecule has 0 fully saturated rings. The third-order valence-electron chi connectivity index (χ3n) is 2.56. The molecule has 0 bridgehead atoms. The van der Waals surface area contributed by atoms with Crippen LogP contribution in [0.1, 0.15) is 25.8 Å². The quantitative estimate of drug-likeness (QED) is 0.761. The zero-order valence-corrected chi connectivity index (χ0v) is 14.7. The SMILES string of the molecule is CCC(C)(CBr)NS(=O)(=O)c1cc(C)c(Br)s1. The number of rotatable bonds is 5. The van der Waals surface area contributed by atoms with Crippen LogP contribution in [-0.4, -0.2) is 19.3 Å². The average Bonchev–Trinajstić information content (AvgIpc) is 2.59. The van der Waals surface area contributed by atoms with Crippen molar-refractivity contribution in [2.24, 2.45) is 0 Å². The molecular weight excluding hydrogens is 390 g/mol. The predicted molar refractivity (Wildman–Crippen MR) is 79.6 cm³/mol. The fraction of sp³-hybridized carbons (Fsp3) is 0.600. The van der Waals surface area contributed by atoms with Crippen molar-refractivity contribution in [3.8, 4) is 0 Å². The minimum atomic E-state index is -3.44. The molecule has 1 aromatic rings. The van der Waals surface area contributed by atoms with Crippen LogP contribution in [0.4, 0.5) is 0 Å². The number of hydrogen-bond donors (Lipinski definition) is 1. The van der Waals surface area contributed by atoms with Gasteiger partial charge in [0.25, 0.3) is 10.0 Å². The normalized spacial score (nSPS) is 15.8. The number of alkyl halides is 1. The van der Waals surface area contributed by atoms with Gasteiger partial charge in [0.1, 0.15) is 4.21 Å². The summed E-state index contributed by atoms with van der Waals surface area (Å²) in [6.07, 6.45) is 0.725. The van der Waals surface area contributed by atoms with Crippen LogP contribution in [0, 0.1) is 6.92 Å². The Hall–Kier alpha value is 0.570. The van der Waals surface area contributed by atoms with E-state index in [2.05, 4.69) is 36.6 Å². The Morgan fingerprint density at radius 2 is 2.12 bits per heavy atom. The lowest BCUT2D eigenvalue weighted by atomic mass is 10.0. The maximum atomic E-state index is 12.2. The monoisotopic (exact) mass is 403 g/mol. The van der Waals surface area contributed by atoms with Crippen molar-refractivity contribution >= 4 is 53.2 Å². The van der Waals surface area contributed by atoms with Gasteiger partial charge in [0, 0.05) is 10.9 Å². The second-order valence-electron chi connectivity index (χ2n) is 4.18. The van der Waals surface area contributed by atoms with E-state index in [1.807, 2.05) is 20.8 Å². The van der Waals surface area contributed by atoms with Gasteiger partial charge < -0.3 is 0 Å². The van der Waals surface area contributed by atoms with Crippen molar-refractivity contribution in [1.82, 2.24) is 4.72 Å². The van der Waals surface area contributed by atoms with Crippen LogP contribution in [0.15, 0.2) is 14.1 Å². The Labute approximate surface area is 123 Å². The van der Waals surface area contributed by atoms with E-state index < -0.39 is 15.6 Å². The number of hydrogen-bond acceptors (Lipinski definition) is 3. The van der Waals surface area contributed by atoms with Gasteiger partial charge in [-0.05, 0) is 47.8 Å². The largest absolute Gasteiger partial charge is 0.250 e. The van der Waals surface area contributed by atoms with Crippen molar-refractivity contribution < 1.29 is 8.42 Å². The first-order valence-corrected chi connectivity index (χ1v) is 9.31. The molecule has 17 heavy (non-hydrogen) atoms. The second kappa shape index (κ2) is 5.69. The summed E-state index contributed by atoms with van der Waals surface area (Å²) in [5.74, 6) is 0. The first-order chi connectivity index (χ1) is 7.74. The zero-order valence-electron chi connectivity index (χ0n) is 9.88. The van der Waals surface area contributed by atoms with Gasteiger partial charge in [0.2, 0.25) is 0 Å². The number of sulfonamides is 1. The molecule has 1 aromatic heterocycles.